The van der Waals surface area contributed by atoms with Crippen LogP contribution in [-0.2, 0) is 9.53 Å². The van der Waals surface area contributed by atoms with E-state index in [9.17, 15) is 9.59 Å². The van der Waals surface area contributed by atoms with Gasteiger partial charge in [-0.05, 0) is 45.4 Å². The fourth-order valence-corrected chi connectivity index (χ4v) is 2.57. The first-order valence-electron chi connectivity index (χ1n) is 5.98. The Labute approximate surface area is 117 Å². The number of ether oxygens (including phenoxy) is 1. The quantitative estimate of drug-likeness (QED) is 0.664. The Morgan fingerprint density at radius 2 is 2.00 bits per heavy atom. The third-order valence-corrected chi connectivity index (χ3v) is 3.90. The second-order valence-corrected chi connectivity index (χ2v) is 6.28. The number of hydrogen-bond acceptors (Lipinski definition) is 4. The highest BCUT2D eigenvalue weighted by Gasteiger charge is 2.31. The van der Waals surface area contributed by atoms with Crippen molar-refractivity contribution in [2.24, 2.45) is 0 Å². The number of rotatable bonds is 5. The van der Waals surface area contributed by atoms with Crippen LogP contribution in [0.3, 0.4) is 0 Å². The molecule has 19 heavy (non-hydrogen) atoms. The van der Waals surface area contributed by atoms with E-state index in [1.165, 1.54) is 11.8 Å². The number of carbonyl (C=O) groups excluding carboxylic acids is 1. The predicted octanol–water partition coefficient (Wildman–Crippen LogP) is 3.13. The van der Waals surface area contributed by atoms with Crippen molar-refractivity contribution in [1.29, 1.82) is 0 Å². The Kier molecular flexibility index (Phi) is 5.00. The van der Waals surface area contributed by atoms with Gasteiger partial charge >= 0.3 is 11.9 Å². The number of aryl methyl sites for hydroxylation is 1. The zero-order valence-electron chi connectivity index (χ0n) is 11.5. The summed E-state index contributed by atoms with van der Waals surface area (Å²) in [6.45, 7) is 7.51. The van der Waals surface area contributed by atoms with Crippen LogP contribution < -0.4 is 0 Å². The molecule has 0 amide bonds. The maximum absolute atomic E-state index is 11.8. The average molecular weight is 282 g/mol. The highest BCUT2D eigenvalue weighted by molar-refractivity contribution is 8.01. The lowest BCUT2D eigenvalue weighted by atomic mass is 10.1. The summed E-state index contributed by atoms with van der Waals surface area (Å²) in [4.78, 5) is 23.6. The van der Waals surface area contributed by atoms with E-state index in [2.05, 4.69) is 0 Å². The number of carbonyl (C=O) groups is 2. The number of hydrogen-bond donors (Lipinski definition) is 1. The Morgan fingerprint density at radius 1 is 1.37 bits per heavy atom. The van der Waals surface area contributed by atoms with Gasteiger partial charge in [0.15, 0.2) is 0 Å². The number of aromatic carboxylic acids is 1. The van der Waals surface area contributed by atoms with Gasteiger partial charge in [0.2, 0.25) is 0 Å². The van der Waals surface area contributed by atoms with Gasteiger partial charge in [-0.3, -0.25) is 4.79 Å². The van der Waals surface area contributed by atoms with E-state index < -0.39 is 10.7 Å². The van der Waals surface area contributed by atoms with Gasteiger partial charge in [0.25, 0.3) is 0 Å². The molecule has 0 unspecified atom stereocenters. The van der Waals surface area contributed by atoms with E-state index >= 15 is 0 Å². The van der Waals surface area contributed by atoms with Crippen LogP contribution in [0.5, 0.6) is 0 Å². The van der Waals surface area contributed by atoms with Gasteiger partial charge in [0, 0.05) is 4.90 Å². The van der Waals surface area contributed by atoms with Crippen molar-refractivity contribution >= 4 is 23.7 Å². The van der Waals surface area contributed by atoms with Gasteiger partial charge in [0.1, 0.15) is 4.75 Å². The van der Waals surface area contributed by atoms with Crippen LogP contribution in [0.4, 0.5) is 0 Å². The molecule has 0 atom stereocenters. The molecule has 1 aromatic carbocycles. The van der Waals surface area contributed by atoms with Crippen LogP contribution in [0.2, 0.25) is 0 Å². The molecule has 0 radical (unpaired) electrons. The highest BCUT2D eigenvalue weighted by atomic mass is 32.2. The van der Waals surface area contributed by atoms with Crippen LogP contribution >= 0.6 is 11.8 Å². The third-order valence-electron chi connectivity index (χ3n) is 2.57. The summed E-state index contributed by atoms with van der Waals surface area (Å²) in [5.41, 5.74) is 1.15. The molecule has 0 saturated carbocycles. The molecule has 5 heteroatoms. The first-order valence-corrected chi connectivity index (χ1v) is 6.79. The van der Waals surface area contributed by atoms with Gasteiger partial charge in [-0.15, -0.1) is 11.8 Å². The van der Waals surface area contributed by atoms with Gasteiger partial charge in [-0.2, -0.15) is 0 Å². The van der Waals surface area contributed by atoms with Crippen molar-refractivity contribution < 1.29 is 19.4 Å². The van der Waals surface area contributed by atoms with Gasteiger partial charge in [0.05, 0.1) is 12.2 Å². The first kappa shape index (κ1) is 15.6. The topological polar surface area (TPSA) is 63.6 Å². The van der Waals surface area contributed by atoms with Crippen molar-refractivity contribution in [3.63, 3.8) is 0 Å². The molecule has 1 aromatic rings. The predicted molar refractivity (Wildman–Crippen MR) is 74.7 cm³/mol. The summed E-state index contributed by atoms with van der Waals surface area (Å²) in [5, 5.41) is 8.99. The smallest absolute Gasteiger partial charge is 0.335 e. The lowest BCUT2D eigenvalue weighted by Crippen LogP contribution is -2.30. The number of carboxylic acid groups (broad SMARTS) is 1. The van der Waals surface area contributed by atoms with E-state index in [4.69, 9.17) is 9.84 Å². The van der Waals surface area contributed by atoms with Gasteiger partial charge < -0.3 is 9.84 Å². The van der Waals surface area contributed by atoms with Crippen LogP contribution in [0.15, 0.2) is 23.1 Å². The van der Waals surface area contributed by atoms with Crippen molar-refractivity contribution in [2.75, 3.05) is 6.61 Å². The number of esters is 1. The maximum Gasteiger partial charge on any atom is 0.335 e. The molecule has 0 aliphatic heterocycles. The lowest BCUT2D eigenvalue weighted by Gasteiger charge is -2.22. The van der Waals surface area contributed by atoms with Gasteiger partial charge in [-0.1, -0.05) is 6.07 Å². The molecule has 1 N–H and O–H groups in total. The summed E-state index contributed by atoms with van der Waals surface area (Å²) < 4.78 is 4.27. The summed E-state index contributed by atoms with van der Waals surface area (Å²) in [7, 11) is 0. The molecule has 0 fully saturated rings. The Morgan fingerprint density at radius 3 is 2.53 bits per heavy atom. The van der Waals surface area contributed by atoms with E-state index in [1.807, 2.05) is 6.92 Å². The largest absolute Gasteiger partial charge is 0.478 e. The maximum atomic E-state index is 11.8. The standard InChI is InChI=1S/C14H18O4S/c1-5-18-13(17)14(3,4)19-11-8-10(12(15)16)7-6-9(11)2/h6-8H,5H2,1-4H3,(H,15,16). The zero-order valence-corrected chi connectivity index (χ0v) is 12.3. The number of benzene rings is 1. The number of carboxylic acids is 1. The normalized spacial score (nSPS) is 11.2. The fourth-order valence-electron chi connectivity index (χ4n) is 1.46. The van der Waals surface area contributed by atoms with Crippen molar-refractivity contribution in [1.82, 2.24) is 0 Å². The fraction of sp³-hybridized carbons (Fsp3) is 0.429. The van der Waals surface area contributed by atoms with Crippen LogP contribution in [0.25, 0.3) is 0 Å². The second kappa shape index (κ2) is 6.10. The Bertz CT molecular complexity index is 494. The molecular formula is C14H18O4S. The summed E-state index contributed by atoms with van der Waals surface area (Å²) in [5.74, 6) is -1.28. The molecule has 0 saturated heterocycles. The van der Waals surface area contributed by atoms with Crippen molar-refractivity contribution in [2.45, 2.75) is 37.3 Å². The first-order chi connectivity index (χ1) is 8.77. The SMILES string of the molecule is CCOC(=O)C(C)(C)Sc1cc(C(=O)O)ccc1C. The molecule has 0 aromatic heterocycles. The Hall–Kier alpha value is -1.49. The summed E-state index contributed by atoms with van der Waals surface area (Å²) in [6.07, 6.45) is 0. The highest BCUT2D eigenvalue weighted by Crippen LogP contribution is 2.35. The molecular weight excluding hydrogens is 264 g/mol. The zero-order chi connectivity index (χ0) is 14.6. The third kappa shape index (κ3) is 3.99. The summed E-state index contributed by atoms with van der Waals surface area (Å²) >= 11 is 1.31. The second-order valence-electron chi connectivity index (χ2n) is 4.62. The van der Waals surface area contributed by atoms with Crippen LogP contribution in [-0.4, -0.2) is 28.4 Å². The minimum Gasteiger partial charge on any atom is -0.478 e. The minimum atomic E-state index is -0.976. The van der Waals surface area contributed by atoms with Gasteiger partial charge in [-0.25, -0.2) is 4.79 Å². The molecule has 0 heterocycles. The lowest BCUT2D eigenvalue weighted by molar-refractivity contribution is -0.145. The molecule has 0 aliphatic rings. The van der Waals surface area contributed by atoms with E-state index in [1.54, 1.807) is 39.0 Å². The summed E-state index contributed by atoms with van der Waals surface area (Å²) in [6, 6.07) is 4.88. The van der Waals surface area contributed by atoms with E-state index in [0.717, 1.165) is 10.5 Å². The molecule has 104 valence electrons. The molecule has 0 bridgehead atoms. The minimum absolute atomic E-state index is 0.216. The van der Waals surface area contributed by atoms with Crippen LogP contribution in [0.1, 0.15) is 36.7 Å². The monoisotopic (exact) mass is 282 g/mol. The average Bonchev–Trinajstić information content (AvgIpc) is 2.31. The molecule has 0 spiro atoms. The van der Waals surface area contributed by atoms with Crippen molar-refractivity contribution in [3.05, 3.63) is 29.3 Å². The van der Waals surface area contributed by atoms with Crippen molar-refractivity contribution in [3.8, 4) is 0 Å². The Balaban J connectivity index is 3.01. The van der Waals surface area contributed by atoms with E-state index in [0.29, 0.717) is 6.61 Å². The van der Waals surface area contributed by atoms with E-state index in [-0.39, 0.29) is 11.5 Å². The molecule has 0 aliphatic carbocycles. The molecule has 1 rings (SSSR count). The van der Waals surface area contributed by atoms with Crippen LogP contribution in [0, 0.1) is 6.92 Å². The number of thioether (sulfide) groups is 1. The molecule has 4 nitrogen and oxygen atoms in total.